The van der Waals surface area contributed by atoms with E-state index in [0.29, 0.717) is 0 Å². The van der Waals surface area contributed by atoms with Crippen molar-refractivity contribution in [3.63, 3.8) is 0 Å². The molecule has 1 aliphatic carbocycles. The van der Waals surface area contributed by atoms with Gasteiger partial charge in [0.1, 0.15) is 5.75 Å². The van der Waals surface area contributed by atoms with Gasteiger partial charge in [0, 0.05) is 15.5 Å². The summed E-state index contributed by atoms with van der Waals surface area (Å²) in [6.45, 7) is 6.51. The van der Waals surface area contributed by atoms with Crippen LogP contribution in [0.5, 0.6) is 5.75 Å². The van der Waals surface area contributed by atoms with Crippen LogP contribution in [0, 0.1) is 20.8 Å². The largest absolute Gasteiger partial charge is 0.496 e. The number of aliphatic hydroxyl groups is 1. The molecule has 2 nitrogen and oxygen atoms in total. The highest BCUT2D eigenvalue weighted by Gasteiger charge is 2.42. The van der Waals surface area contributed by atoms with Crippen molar-refractivity contribution in [3.05, 3.63) is 26.7 Å². The van der Waals surface area contributed by atoms with Crippen LogP contribution >= 0.6 is 15.9 Å². The van der Waals surface area contributed by atoms with Gasteiger partial charge in [0.15, 0.2) is 0 Å². The van der Waals surface area contributed by atoms with Gasteiger partial charge >= 0.3 is 0 Å². The molecule has 100 valence electrons. The van der Waals surface area contributed by atoms with Crippen molar-refractivity contribution in [2.24, 2.45) is 0 Å². The molecule has 0 saturated heterocycles. The quantitative estimate of drug-likeness (QED) is 0.920. The third kappa shape index (κ3) is 1.79. The van der Waals surface area contributed by atoms with Crippen LogP contribution in [-0.4, -0.2) is 18.8 Å². The van der Waals surface area contributed by atoms with Crippen LogP contribution in [0.15, 0.2) is 4.47 Å². The molecule has 1 aromatic carbocycles. The molecule has 0 heterocycles. The van der Waals surface area contributed by atoms with Gasteiger partial charge in [-0.15, -0.1) is 0 Å². The zero-order chi connectivity index (χ0) is 13.5. The highest BCUT2D eigenvalue weighted by molar-refractivity contribution is 9.10. The number of aliphatic hydroxyl groups excluding tert-OH is 1. The van der Waals surface area contributed by atoms with Crippen LogP contribution in [0.3, 0.4) is 0 Å². The molecule has 0 aromatic heterocycles. The Labute approximate surface area is 117 Å². The number of ether oxygens (including phenoxy) is 1. The monoisotopic (exact) mass is 312 g/mol. The second-order valence-electron chi connectivity index (χ2n) is 5.39. The summed E-state index contributed by atoms with van der Waals surface area (Å²) in [7, 11) is 1.72. The smallest absolute Gasteiger partial charge is 0.126 e. The molecular formula is C15H21BrO2. The molecule has 1 N–H and O–H groups in total. The Balaban J connectivity index is 2.73. The Bertz CT molecular complexity index is 471. The third-order valence-corrected chi connectivity index (χ3v) is 5.70. The fourth-order valence-electron chi connectivity index (χ4n) is 3.07. The summed E-state index contributed by atoms with van der Waals surface area (Å²) in [5, 5.41) is 9.81. The standard InChI is InChI=1S/C15H21BrO2/c1-9-10(2)14(18-4)12(11(3)13(9)16)15(8-17)6-5-7-15/h17H,5-8H2,1-4H3. The van der Waals surface area contributed by atoms with E-state index in [0.717, 1.165) is 23.1 Å². The van der Waals surface area contributed by atoms with Crippen molar-refractivity contribution in [3.8, 4) is 5.75 Å². The molecule has 18 heavy (non-hydrogen) atoms. The van der Waals surface area contributed by atoms with Gasteiger partial charge in [0.2, 0.25) is 0 Å². The molecule has 0 radical (unpaired) electrons. The number of halogens is 1. The van der Waals surface area contributed by atoms with Gasteiger partial charge in [-0.1, -0.05) is 22.4 Å². The van der Waals surface area contributed by atoms with Crippen molar-refractivity contribution in [2.45, 2.75) is 45.4 Å². The van der Waals surface area contributed by atoms with Crippen LogP contribution in [0.25, 0.3) is 0 Å². The first-order chi connectivity index (χ1) is 8.48. The summed E-state index contributed by atoms with van der Waals surface area (Å²) in [4.78, 5) is 0. The Kier molecular flexibility index (Phi) is 3.75. The molecule has 2 rings (SSSR count). The summed E-state index contributed by atoms with van der Waals surface area (Å²) in [6, 6.07) is 0. The summed E-state index contributed by atoms with van der Waals surface area (Å²) < 4.78 is 6.79. The lowest BCUT2D eigenvalue weighted by molar-refractivity contribution is 0.116. The van der Waals surface area contributed by atoms with Crippen LogP contribution in [-0.2, 0) is 5.41 Å². The van der Waals surface area contributed by atoms with Gasteiger partial charge in [-0.05, 0) is 50.3 Å². The van der Waals surface area contributed by atoms with Gasteiger partial charge in [-0.2, -0.15) is 0 Å². The fraction of sp³-hybridized carbons (Fsp3) is 0.600. The molecule has 0 atom stereocenters. The minimum absolute atomic E-state index is 0.0869. The van der Waals surface area contributed by atoms with Crippen LogP contribution in [0.2, 0.25) is 0 Å². The zero-order valence-corrected chi connectivity index (χ0v) is 13.1. The van der Waals surface area contributed by atoms with Crippen LogP contribution in [0.1, 0.15) is 41.5 Å². The van der Waals surface area contributed by atoms with Crippen LogP contribution in [0.4, 0.5) is 0 Å². The Morgan fingerprint density at radius 1 is 1.17 bits per heavy atom. The average molecular weight is 313 g/mol. The van der Waals surface area contributed by atoms with Crippen LogP contribution < -0.4 is 4.74 Å². The second kappa shape index (κ2) is 4.86. The highest BCUT2D eigenvalue weighted by atomic mass is 79.9. The first-order valence-electron chi connectivity index (χ1n) is 6.43. The minimum Gasteiger partial charge on any atom is -0.496 e. The van der Waals surface area contributed by atoms with Crippen molar-refractivity contribution < 1.29 is 9.84 Å². The first kappa shape index (κ1) is 13.9. The molecule has 1 aliphatic rings. The van der Waals surface area contributed by atoms with E-state index >= 15 is 0 Å². The third-order valence-electron chi connectivity index (χ3n) is 4.51. The average Bonchev–Trinajstić information content (AvgIpc) is 2.32. The summed E-state index contributed by atoms with van der Waals surface area (Å²) in [5.41, 5.74) is 4.72. The molecule has 1 aromatic rings. The Morgan fingerprint density at radius 2 is 1.78 bits per heavy atom. The lowest BCUT2D eigenvalue weighted by Crippen LogP contribution is -2.39. The normalized spacial score (nSPS) is 17.4. The first-order valence-corrected chi connectivity index (χ1v) is 7.22. The fourth-order valence-corrected chi connectivity index (χ4v) is 3.56. The van der Waals surface area contributed by atoms with Crippen molar-refractivity contribution >= 4 is 15.9 Å². The lowest BCUT2D eigenvalue weighted by atomic mass is 9.63. The highest BCUT2D eigenvalue weighted by Crippen LogP contribution is 2.51. The minimum atomic E-state index is -0.0869. The van der Waals surface area contributed by atoms with E-state index < -0.39 is 0 Å². The molecule has 1 saturated carbocycles. The number of methoxy groups -OCH3 is 1. The zero-order valence-electron chi connectivity index (χ0n) is 11.6. The summed E-state index contributed by atoms with van der Waals surface area (Å²) in [6.07, 6.45) is 3.29. The Morgan fingerprint density at radius 3 is 2.17 bits per heavy atom. The van der Waals surface area contributed by atoms with E-state index in [1.807, 2.05) is 0 Å². The molecule has 0 aliphatic heterocycles. The van der Waals surface area contributed by atoms with Crippen molar-refractivity contribution in [1.29, 1.82) is 0 Å². The van der Waals surface area contributed by atoms with Gasteiger partial charge in [-0.3, -0.25) is 0 Å². The number of rotatable bonds is 3. The molecule has 3 heteroatoms. The lowest BCUT2D eigenvalue weighted by Gasteiger charge is -2.43. The number of benzene rings is 1. The molecule has 0 amide bonds. The summed E-state index contributed by atoms with van der Waals surface area (Å²) in [5.74, 6) is 0.960. The Hall–Kier alpha value is -0.540. The predicted octanol–water partition coefficient (Wildman–Crippen LogP) is 3.80. The molecule has 0 unspecified atom stereocenters. The predicted molar refractivity (Wildman–Crippen MR) is 77.5 cm³/mol. The van der Waals surface area contributed by atoms with E-state index in [4.69, 9.17) is 4.74 Å². The molecule has 1 fully saturated rings. The number of hydrogen-bond donors (Lipinski definition) is 1. The molecular weight excluding hydrogens is 292 g/mol. The van der Waals surface area contributed by atoms with Gasteiger partial charge in [0.05, 0.1) is 13.7 Å². The van der Waals surface area contributed by atoms with Gasteiger partial charge < -0.3 is 9.84 Å². The van der Waals surface area contributed by atoms with Crippen molar-refractivity contribution in [1.82, 2.24) is 0 Å². The van der Waals surface area contributed by atoms with E-state index in [1.54, 1.807) is 7.11 Å². The van der Waals surface area contributed by atoms with E-state index in [-0.39, 0.29) is 12.0 Å². The molecule has 0 bridgehead atoms. The van der Waals surface area contributed by atoms with E-state index in [1.165, 1.54) is 28.7 Å². The summed E-state index contributed by atoms with van der Waals surface area (Å²) >= 11 is 3.68. The van der Waals surface area contributed by atoms with E-state index in [2.05, 4.69) is 36.7 Å². The van der Waals surface area contributed by atoms with Crippen molar-refractivity contribution in [2.75, 3.05) is 13.7 Å². The maximum atomic E-state index is 9.81. The topological polar surface area (TPSA) is 29.5 Å². The van der Waals surface area contributed by atoms with Gasteiger partial charge in [0.25, 0.3) is 0 Å². The number of hydrogen-bond acceptors (Lipinski definition) is 2. The van der Waals surface area contributed by atoms with Gasteiger partial charge in [-0.25, -0.2) is 0 Å². The second-order valence-corrected chi connectivity index (χ2v) is 6.18. The molecule has 0 spiro atoms. The SMILES string of the molecule is COc1c(C)c(C)c(Br)c(C)c1C1(CO)CCC1. The maximum Gasteiger partial charge on any atom is 0.126 e. The maximum absolute atomic E-state index is 9.81. The van der Waals surface area contributed by atoms with E-state index in [9.17, 15) is 5.11 Å².